The minimum absolute atomic E-state index is 0.0763. The van der Waals surface area contributed by atoms with E-state index in [2.05, 4.69) is 5.43 Å². The van der Waals surface area contributed by atoms with Gasteiger partial charge < -0.3 is 14.6 Å². The number of thiophene rings is 1. The number of likely N-dealkylation sites (tertiary alicyclic amines) is 1. The molecule has 6 unspecified atom stereocenters. The molecule has 52 heavy (non-hydrogen) atoms. The SMILES string of the molecule is COc1cc(O)cc(OC)c1C1C2=CCC3C(=O)N(Cc4cccs4)C(=O)C3C2CC2C(=O)N(Nc3ccc(F)cc3)C(=O)C21c1ccc(Cl)cc1. The summed E-state index contributed by atoms with van der Waals surface area (Å²) in [7, 11) is 2.86. The van der Waals surface area contributed by atoms with E-state index in [-0.39, 0.29) is 48.4 Å². The molecule has 2 aliphatic carbocycles. The second-order valence-electron chi connectivity index (χ2n) is 13.5. The van der Waals surface area contributed by atoms with Gasteiger partial charge in [-0.25, -0.2) is 4.39 Å². The summed E-state index contributed by atoms with van der Waals surface area (Å²) in [5, 5.41) is 14.0. The fourth-order valence-electron chi connectivity index (χ4n) is 8.96. The number of halogens is 2. The third kappa shape index (κ3) is 5.02. The molecule has 2 N–H and O–H groups in total. The van der Waals surface area contributed by atoms with Crippen LogP contribution in [0.4, 0.5) is 10.1 Å². The standard InChI is InChI=1S/C39H33ClFN3O7S/c1-50-30-16-24(45)17-31(51-2)33(30)34-26-13-14-27-32(37(48)43(35(27)46)19-25-4-3-15-52-25)28(26)18-29-36(47)44(42-23-11-9-22(41)10-12-23)38(49)39(29,34)20-5-7-21(40)8-6-20/h3-13,15-17,27-29,32,34,42,45H,14,18-19H2,1-2H3. The lowest BCUT2D eigenvalue weighted by molar-refractivity contribution is -0.141. The molecule has 4 aromatic rings. The van der Waals surface area contributed by atoms with Gasteiger partial charge in [-0.15, -0.1) is 11.3 Å². The number of hydrazine groups is 1. The number of nitrogens with zero attached hydrogens (tertiary/aromatic N) is 2. The van der Waals surface area contributed by atoms with Crippen LogP contribution in [0.15, 0.2) is 89.8 Å². The van der Waals surface area contributed by atoms with Crippen molar-refractivity contribution in [2.75, 3.05) is 19.6 Å². The first kappa shape index (κ1) is 33.9. The number of carbonyl (C=O) groups excluding carboxylic acids is 4. The highest BCUT2D eigenvalue weighted by atomic mass is 35.5. The molecule has 1 saturated carbocycles. The summed E-state index contributed by atoms with van der Waals surface area (Å²) in [6.45, 7) is 0.151. The summed E-state index contributed by atoms with van der Waals surface area (Å²) in [5.41, 5.74) is 3.17. The smallest absolute Gasteiger partial charge is 0.260 e. The molecule has 2 saturated heterocycles. The molecular weight excluding hydrogens is 709 g/mol. The fraction of sp³-hybridized carbons (Fsp3) is 0.282. The Morgan fingerprint density at radius 3 is 2.27 bits per heavy atom. The van der Waals surface area contributed by atoms with Crippen LogP contribution < -0.4 is 14.9 Å². The molecule has 0 spiro atoms. The number of imide groups is 2. The topological polar surface area (TPSA) is 125 Å². The van der Waals surface area contributed by atoms with Crippen molar-refractivity contribution in [1.82, 2.24) is 9.91 Å². The zero-order valence-electron chi connectivity index (χ0n) is 28.0. The summed E-state index contributed by atoms with van der Waals surface area (Å²) >= 11 is 7.84. The molecule has 3 fully saturated rings. The molecule has 3 aromatic carbocycles. The molecule has 8 rings (SSSR count). The average molecular weight is 742 g/mol. The number of phenolic OH excluding ortho intramolecular Hbond substituents is 1. The normalized spacial score (nSPS) is 26.5. The first-order chi connectivity index (χ1) is 25.1. The van der Waals surface area contributed by atoms with E-state index < -0.39 is 52.6 Å². The van der Waals surface area contributed by atoms with E-state index >= 15 is 4.79 Å². The number of ether oxygens (including phenoxy) is 2. The Hall–Kier alpha value is -5.20. The molecule has 4 aliphatic rings. The summed E-state index contributed by atoms with van der Waals surface area (Å²) < 4.78 is 25.6. The van der Waals surface area contributed by atoms with E-state index in [1.165, 1.54) is 66.9 Å². The second-order valence-corrected chi connectivity index (χ2v) is 14.9. The minimum atomic E-state index is -1.65. The Bertz CT molecular complexity index is 2120. The van der Waals surface area contributed by atoms with E-state index in [4.69, 9.17) is 21.1 Å². The summed E-state index contributed by atoms with van der Waals surface area (Å²) in [5.74, 6) is -6.04. The highest BCUT2D eigenvalue weighted by molar-refractivity contribution is 7.09. The van der Waals surface area contributed by atoms with Gasteiger partial charge in [-0.1, -0.05) is 41.4 Å². The maximum Gasteiger partial charge on any atom is 0.260 e. The number of allylic oxidation sites excluding steroid dienone is 2. The summed E-state index contributed by atoms with van der Waals surface area (Å²) in [6.07, 6.45) is 2.25. The Balaban J connectivity index is 1.36. The molecule has 3 heterocycles. The highest BCUT2D eigenvalue weighted by Gasteiger charge is 2.71. The number of fused-ring (bicyclic) bond motifs is 4. The third-order valence-corrected chi connectivity index (χ3v) is 12.2. The van der Waals surface area contributed by atoms with Crippen molar-refractivity contribution in [2.24, 2.45) is 23.7 Å². The molecule has 13 heteroatoms. The van der Waals surface area contributed by atoms with Crippen LogP contribution in [0.25, 0.3) is 0 Å². The zero-order chi connectivity index (χ0) is 36.5. The van der Waals surface area contributed by atoms with Crippen LogP contribution in [0.2, 0.25) is 5.02 Å². The van der Waals surface area contributed by atoms with Gasteiger partial charge in [0.2, 0.25) is 11.8 Å². The zero-order valence-corrected chi connectivity index (χ0v) is 29.6. The lowest BCUT2D eigenvalue weighted by Crippen LogP contribution is -2.53. The van der Waals surface area contributed by atoms with Gasteiger partial charge in [0.15, 0.2) is 0 Å². The molecule has 0 radical (unpaired) electrons. The van der Waals surface area contributed by atoms with E-state index in [0.717, 1.165) is 9.89 Å². The van der Waals surface area contributed by atoms with Crippen LogP contribution in [0, 0.1) is 29.5 Å². The van der Waals surface area contributed by atoms with Crippen molar-refractivity contribution in [2.45, 2.75) is 30.7 Å². The van der Waals surface area contributed by atoms with Crippen molar-refractivity contribution in [3.63, 3.8) is 0 Å². The monoisotopic (exact) mass is 741 g/mol. The number of benzene rings is 3. The largest absolute Gasteiger partial charge is 0.508 e. The Kier molecular flexibility index (Phi) is 8.34. The van der Waals surface area contributed by atoms with Gasteiger partial charge in [-0.2, -0.15) is 5.01 Å². The minimum Gasteiger partial charge on any atom is -0.508 e. The molecule has 2 aliphatic heterocycles. The van der Waals surface area contributed by atoms with Crippen molar-refractivity contribution in [3.05, 3.63) is 117 Å². The first-order valence-corrected chi connectivity index (χ1v) is 18.0. The number of aromatic hydroxyl groups is 1. The van der Waals surface area contributed by atoms with Crippen molar-refractivity contribution in [1.29, 1.82) is 0 Å². The summed E-state index contributed by atoms with van der Waals surface area (Å²) in [4.78, 5) is 60.7. The van der Waals surface area contributed by atoms with Crippen LogP contribution in [0.1, 0.15) is 34.8 Å². The third-order valence-electron chi connectivity index (χ3n) is 11.1. The number of hydrogen-bond donors (Lipinski definition) is 2. The highest BCUT2D eigenvalue weighted by Crippen LogP contribution is 2.66. The van der Waals surface area contributed by atoms with Gasteiger partial charge in [-0.3, -0.25) is 29.5 Å². The number of amides is 4. The summed E-state index contributed by atoms with van der Waals surface area (Å²) in [6, 6.07) is 18.6. The Labute approximate surface area is 307 Å². The second kappa shape index (κ2) is 12.8. The number of nitrogens with one attached hydrogen (secondary N) is 1. The van der Waals surface area contributed by atoms with Crippen molar-refractivity contribution in [3.8, 4) is 17.2 Å². The van der Waals surface area contributed by atoms with E-state index in [1.54, 1.807) is 24.3 Å². The maximum atomic E-state index is 15.4. The van der Waals surface area contributed by atoms with E-state index in [1.807, 2.05) is 23.6 Å². The van der Waals surface area contributed by atoms with Gasteiger partial charge in [-0.05, 0) is 72.2 Å². The van der Waals surface area contributed by atoms with Crippen molar-refractivity contribution >= 4 is 52.3 Å². The van der Waals surface area contributed by atoms with Gasteiger partial charge in [0.25, 0.3) is 11.8 Å². The number of rotatable bonds is 8. The van der Waals surface area contributed by atoms with Crippen LogP contribution >= 0.6 is 22.9 Å². The van der Waals surface area contributed by atoms with Crippen LogP contribution in [0.5, 0.6) is 17.2 Å². The fourth-order valence-corrected chi connectivity index (χ4v) is 9.78. The predicted molar refractivity (Wildman–Crippen MR) is 190 cm³/mol. The molecule has 6 atom stereocenters. The molecular formula is C39H33ClFN3O7S. The Morgan fingerprint density at radius 1 is 0.942 bits per heavy atom. The van der Waals surface area contributed by atoms with E-state index in [9.17, 15) is 23.9 Å². The quantitative estimate of drug-likeness (QED) is 0.156. The number of phenols is 1. The van der Waals surface area contributed by atoms with Crippen LogP contribution in [0.3, 0.4) is 0 Å². The lowest BCUT2D eigenvalue weighted by Gasteiger charge is -2.51. The van der Waals surface area contributed by atoms with Gasteiger partial charge in [0.05, 0.1) is 49.6 Å². The number of methoxy groups -OCH3 is 2. The maximum absolute atomic E-state index is 15.4. The molecule has 1 aromatic heterocycles. The van der Waals surface area contributed by atoms with Gasteiger partial charge in [0.1, 0.15) is 23.1 Å². The number of carbonyl (C=O) groups is 4. The van der Waals surface area contributed by atoms with Gasteiger partial charge >= 0.3 is 0 Å². The number of hydrogen-bond acceptors (Lipinski definition) is 9. The van der Waals surface area contributed by atoms with Crippen molar-refractivity contribution < 1.29 is 38.1 Å². The number of anilines is 1. The molecule has 266 valence electrons. The molecule has 4 amide bonds. The van der Waals surface area contributed by atoms with Crippen LogP contribution in [-0.4, -0.2) is 52.9 Å². The first-order valence-electron chi connectivity index (χ1n) is 16.8. The average Bonchev–Trinajstić information content (AvgIpc) is 3.81. The Morgan fingerprint density at radius 2 is 1.63 bits per heavy atom. The predicted octanol–water partition coefficient (Wildman–Crippen LogP) is 6.45. The van der Waals surface area contributed by atoms with Gasteiger partial charge in [0, 0.05) is 33.5 Å². The molecule has 10 nitrogen and oxygen atoms in total. The van der Waals surface area contributed by atoms with Crippen LogP contribution in [-0.2, 0) is 31.1 Å². The molecule has 0 bridgehead atoms. The van der Waals surface area contributed by atoms with E-state index in [0.29, 0.717) is 27.4 Å². The lowest BCUT2D eigenvalue weighted by atomic mass is 9.49.